The molecule has 1 aliphatic heterocycles. The monoisotopic (exact) mass is 232 g/mol. The molecule has 0 aromatic heterocycles. The minimum atomic E-state index is 0.161. The summed E-state index contributed by atoms with van der Waals surface area (Å²) in [5.41, 5.74) is 1.94. The predicted molar refractivity (Wildman–Crippen MR) is 69.2 cm³/mol. The van der Waals surface area contributed by atoms with Crippen molar-refractivity contribution in [1.29, 1.82) is 0 Å². The first kappa shape index (κ1) is 12.1. The maximum Gasteiger partial charge on any atom is 0.253 e. The van der Waals surface area contributed by atoms with Gasteiger partial charge in [-0.05, 0) is 33.0 Å². The second-order valence-electron chi connectivity index (χ2n) is 4.95. The molecule has 0 saturated carbocycles. The van der Waals surface area contributed by atoms with Crippen LogP contribution in [0.5, 0.6) is 0 Å². The van der Waals surface area contributed by atoms with Gasteiger partial charge in [0.1, 0.15) is 0 Å². The third kappa shape index (κ3) is 2.67. The Morgan fingerprint density at radius 1 is 1.35 bits per heavy atom. The Morgan fingerprint density at radius 2 is 2.12 bits per heavy atom. The molecule has 1 aromatic rings. The van der Waals surface area contributed by atoms with Gasteiger partial charge in [0.15, 0.2) is 0 Å². The molecule has 1 aromatic carbocycles. The van der Waals surface area contributed by atoms with Crippen LogP contribution in [0.1, 0.15) is 22.8 Å². The fourth-order valence-electron chi connectivity index (χ4n) is 2.19. The summed E-state index contributed by atoms with van der Waals surface area (Å²) < 4.78 is 0. The molecule has 0 radical (unpaired) electrons. The van der Waals surface area contributed by atoms with Crippen LogP contribution in [0.2, 0.25) is 0 Å². The number of aryl methyl sites for hydroxylation is 1. The van der Waals surface area contributed by atoms with Gasteiger partial charge in [-0.15, -0.1) is 0 Å². The Balaban J connectivity index is 2.10. The standard InChI is InChI=1S/C14H20N2O/c1-11-5-4-6-13(9-11)14(17)16-8-7-15(3)12(2)10-16/h4-6,9,12H,7-8,10H2,1-3H3. The molecule has 17 heavy (non-hydrogen) atoms. The van der Waals surface area contributed by atoms with Gasteiger partial charge in [-0.3, -0.25) is 4.79 Å². The first-order valence-corrected chi connectivity index (χ1v) is 6.14. The number of nitrogens with zero attached hydrogens (tertiary/aromatic N) is 2. The SMILES string of the molecule is Cc1cccc(C(=O)N2CCN(C)C(C)C2)c1. The van der Waals surface area contributed by atoms with Gasteiger partial charge in [-0.1, -0.05) is 17.7 Å². The van der Waals surface area contributed by atoms with Gasteiger partial charge in [-0.25, -0.2) is 0 Å². The van der Waals surface area contributed by atoms with Crippen molar-refractivity contribution in [3.8, 4) is 0 Å². The minimum absolute atomic E-state index is 0.161. The lowest BCUT2D eigenvalue weighted by Gasteiger charge is -2.37. The third-order valence-electron chi connectivity index (χ3n) is 3.51. The van der Waals surface area contributed by atoms with Crippen LogP contribution in [-0.2, 0) is 0 Å². The van der Waals surface area contributed by atoms with Crippen molar-refractivity contribution in [3.63, 3.8) is 0 Å². The molecule has 1 aliphatic rings. The molecular formula is C14H20N2O. The summed E-state index contributed by atoms with van der Waals surface area (Å²) in [4.78, 5) is 16.6. The highest BCUT2D eigenvalue weighted by atomic mass is 16.2. The number of benzene rings is 1. The van der Waals surface area contributed by atoms with Crippen molar-refractivity contribution >= 4 is 5.91 Å². The van der Waals surface area contributed by atoms with Crippen molar-refractivity contribution in [3.05, 3.63) is 35.4 Å². The maximum atomic E-state index is 12.3. The van der Waals surface area contributed by atoms with E-state index in [9.17, 15) is 4.79 Å². The van der Waals surface area contributed by atoms with E-state index < -0.39 is 0 Å². The molecule has 1 unspecified atom stereocenters. The van der Waals surface area contributed by atoms with E-state index in [0.29, 0.717) is 6.04 Å². The number of likely N-dealkylation sites (N-methyl/N-ethyl adjacent to an activating group) is 1. The number of carbonyl (C=O) groups excluding carboxylic acids is 1. The van der Waals surface area contributed by atoms with Crippen molar-refractivity contribution in [1.82, 2.24) is 9.80 Å². The zero-order valence-corrected chi connectivity index (χ0v) is 10.8. The fourth-order valence-corrected chi connectivity index (χ4v) is 2.19. The molecule has 0 aliphatic carbocycles. The number of carbonyl (C=O) groups is 1. The zero-order chi connectivity index (χ0) is 12.4. The Morgan fingerprint density at radius 3 is 2.76 bits per heavy atom. The van der Waals surface area contributed by atoms with Crippen molar-refractivity contribution in [2.45, 2.75) is 19.9 Å². The first-order valence-electron chi connectivity index (χ1n) is 6.14. The van der Waals surface area contributed by atoms with E-state index in [-0.39, 0.29) is 5.91 Å². The van der Waals surface area contributed by atoms with Gasteiger partial charge in [-0.2, -0.15) is 0 Å². The Bertz CT molecular complexity index is 416. The summed E-state index contributed by atoms with van der Waals surface area (Å²) in [6.07, 6.45) is 0. The second-order valence-corrected chi connectivity index (χ2v) is 4.95. The number of amides is 1. The number of hydrogen-bond donors (Lipinski definition) is 0. The van der Waals surface area contributed by atoms with E-state index in [2.05, 4.69) is 18.9 Å². The second kappa shape index (κ2) is 4.88. The van der Waals surface area contributed by atoms with Crippen molar-refractivity contribution in [2.24, 2.45) is 0 Å². The van der Waals surface area contributed by atoms with E-state index in [0.717, 1.165) is 30.8 Å². The fraction of sp³-hybridized carbons (Fsp3) is 0.500. The molecule has 1 atom stereocenters. The van der Waals surface area contributed by atoms with E-state index >= 15 is 0 Å². The Kier molecular flexibility index (Phi) is 3.48. The van der Waals surface area contributed by atoms with Crippen LogP contribution < -0.4 is 0 Å². The summed E-state index contributed by atoms with van der Waals surface area (Å²) in [6, 6.07) is 8.27. The lowest BCUT2D eigenvalue weighted by Crippen LogP contribution is -2.52. The predicted octanol–water partition coefficient (Wildman–Crippen LogP) is 1.77. The molecule has 0 bridgehead atoms. The molecule has 1 amide bonds. The largest absolute Gasteiger partial charge is 0.336 e. The quantitative estimate of drug-likeness (QED) is 0.737. The number of rotatable bonds is 1. The van der Waals surface area contributed by atoms with E-state index in [4.69, 9.17) is 0 Å². The average molecular weight is 232 g/mol. The van der Waals surface area contributed by atoms with Crippen LogP contribution in [0.15, 0.2) is 24.3 Å². The smallest absolute Gasteiger partial charge is 0.253 e. The molecule has 3 heteroatoms. The van der Waals surface area contributed by atoms with Crippen LogP contribution in [0.4, 0.5) is 0 Å². The minimum Gasteiger partial charge on any atom is -0.336 e. The lowest BCUT2D eigenvalue weighted by atomic mass is 10.1. The summed E-state index contributed by atoms with van der Waals surface area (Å²) in [7, 11) is 2.11. The third-order valence-corrected chi connectivity index (χ3v) is 3.51. The number of piperazine rings is 1. The molecule has 0 spiro atoms. The maximum absolute atomic E-state index is 12.3. The molecule has 0 N–H and O–H groups in total. The van der Waals surface area contributed by atoms with Gasteiger partial charge in [0, 0.05) is 31.2 Å². The normalized spacial score (nSPS) is 21.6. The molecule has 1 saturated heterocycles. The molecular weight excluding hydrogens is 212 g/mol. The summed E-state index contributed by atoms with van der Waals surface area (Å²) in [5, 5.41) is 0. The van der Waals surface area contributed by atoms with E-state index in [1.54, 1.807) is 0 Å². The van der Waals surface area contributed by atoms with E-state index in [1.165, 1.54) is 0 Å². The highest BCUT2D eigenvalue weighted by Crippen LogP contribution is 2.12. The van der Waals surface area contributed by atoms with Gasteiger partial charge >= 0.3 is 0 Å². The molecule has 2 rings (SSSR count). The topological polar surface area (TPSA) is 23.6 Å². The zero-order valence-electron chi connectivity index (χ0n) is 10.8. The van der Waals surface area contributed by atoms with Crippen LogP contribution in [0.25, 0.3) is 0 Å². The van der Waals surface area contributed by atoms with E-state index in [1.807, 2.05) is 36.1 Å². The van der Waals surface area contributed by atoms with Crippen LogP contribution in [0.3, 0.4) is 0 Å². The highest BCUT2D eigenvalue weighted by molar-refractivity contribution is 5.94. The lowest BCUT2D eigenvalue weighted by molar-refractivity contribution is 0.0572. The molecule has 92 valence electrons. The summed E-state index contributed by atoms with van der Waals surface area (Å²) in [6.45, 7) is 6.79. The van der Waals surface area contributed by atoms with Crippen LogP contribution in [-0.4, -0.2) is 48.4 Å². The van der Waals surface area contributed by atoms with Crippen LogP contribution >= 0.6 is 0 Å². The van der Waals surface area contributed by atoms with Gasteiger partial charge < -0.3 is 9.80 Å². The highest BCUT2D eigenvalue weighted by Gasteiger charge is 2.24. The average Bonchev–Trinajstić information content (AvgIpc) is 2.32. The van der Waals surface area contributed by atoms with Gasteiger partial charge in [0.2, 0.25) is 0 Å². The Labute approximate surface area is 103 Å². The molecule has 1 fully saturated rings. The summed E-state index contributed by atoms with van der Waals surface area (Å²) >= 11 is 0. The van der Waals surface area contributed by atoms with Crippen LogP contribution in [0, 0.1) is 6.92 Å². The molecule has 3 nitrogen and oxygen atoms in total. The Hall–Kier alpha value is -1.35. The number of hydrogen-bond acceptors (Lipinski definition) is 2. The summed E-state index contributed by atoms with van der Waals surface area (Å²) in [5.74, 6) is 0.161. The molecule has 1 heterocycles. The van der Waals surface area contributed by atoms with Gasteiger partial charge in [0.05, 0.1) is 0 Å². The van der Waals surface area contributed by atoms with Crippen molar-refractivity contribution < 1.29 is 4.79 Å². The van der Waals surface area contributed by atoms with Crippen molar-refractivity contribution in [2.75, 3.05) is 26.7 Å². The van der Waals surface area contributed by atoms with Gasteiger partial charge in [0.25, 0.3) is 5.91 Å². The first-order chi connectivity index (χ1) is 8.08.